The van der Waals surface area contributed by atoms with E-state index in [0.29, 0.717) is 12.1 Å². The van der Waals surface area contributed by atoms with E-state index < -0.39 is 10.0 Å². The minimum absolute atomic E-state index is 0.00367. The van der Waals surface area contributed by atoms with Crippen molar-refractivity contribution in [1.82, 2.24) is 10.0 Å². The number of nitrogens with one attached hydrogen (secondary N) is 2. The second kappa shape index (κ2) is 9.88. The summed E-state index contributed by atoms with van der Waals surface area (Å²) in [6.45, 7) is 0.321. The normalized spacial score (nSPS) is 11.1. The van der Waals surface area contributed by atoms with E-state index in [1.165, 1.54) is 24.3 Å². The minimum Gasteiger partial charge on any atom is -0.351 e. The number of sulfonamides is 1. The van der Waals surface area contributed by atoms with Crippen LogP contribution in [0.2, 0.25) is 0 Å². The van der Waals surface area contributed by atoms with Gasteiger partial charge in [-0.05, 0) is 35.4 Å². The molecule has 1 amide bonds. The maximum Gasteiger partial charge on any atom is 0.251 e. The zero-order valence-electron chi connectivity index (χ0n) is 16.3. The summed E-state index contributed by atoms with van der Waals surface area (Å²) in [5.41, 5.74) is 2.58. The maximum absolute atomic E-state index is 12.6. The summed E-state index contributed by atoms with van der Waals surface area (Å²) in [4.78, 5) is 12.7. The van der Waals surface area contributed by atoms with E-state index in [9.17, 15) is 13.2 Å². The smallest absolute Gasteiger partial charge is 0.251 e. The molecule has 0 saturated carbocycles. The number of carbonyl (C=O) groups excluding carboxylic acids is 1. The van der Waals surface area contributed by atoms with Gasteiger partial charge in [-0.2, -0.15) is 4.72 Å². The Kier molecular flexibility index (Phi) is 7.02. The highest BCUT2D eigenvalue weighted by Gasteiger charge is 2.17. The highest BCUT2D eigenvalue weighted by molar-refractivity contribution is 7.89. The Morgan fingerprint density at radius 1 is 0.867 bits per heavy atom. The van der Waals surface area contributed by atoms with Crippen molar-refractivity contribution < 1.29 is 13.2 Å². The molecule has 0 aliphatic carbocycles. The third-order valence-corrected chi connectivity index (χ3v) is 6.08. The highest BCUT2D eigenvalue weighted by atomic mass is 32.2. The molecular weight excluding hydrogens is 396 g/mol. The Balaban J connectivity index is 1.72. The summed E-state index contributed by atoms with van der Waals surface area (Å²) in [5, 5.41) is 2.96. The van der Waals surface area contributed by atoms with Crippen molar-refractivity contribution in [3.63, 3.8) is 0 Å². The van der Waals surface area contributed by atoms with Crippen molar-refractivity contribution in [3.8, 4) is 12.3 Å². The first-order valence-electron chi connectivity index (χ1n) is 9.42. The fourth-order valence-corrected chi connectivity index (χ4v) is 4.04. The molecule has 3 aromatic carbocycles. The van der Waals surface area contributed by atoms with Gasteiger partial charge in [0, 0.05) is 18.0 Å². The van der Waals surface area contributed by atoms with Crippen molar-refractivity contribution in [2.24, 2.45) is 0 Å². The SMILES string of the molecule is C#CCNS(=O)(=O)c1ccc(C(=O)NCC(c2ccccc2)c2ccccc2)cc1. The van der Waals surface area contributed by atoms with Crippen LogP contribution in [0.1, 0.15) is 27.4 Å². The van der Waals surface area contributed by atoms with Crippen LogP contribution in [0.15, 0.2) is 89.8 Å². The molecule has 0 aliphatic heterocycles. The molecule has 0 aliphatic rings. The van der Waals surface area contributed by atoms with E-state index >= 15 is 0 Å². The van der Waals surface area contributed by atoms with Gasteiger partial charge in [0.25, 0.3) is 5.91 Å². The van der Waals surface area contributed by atoms with Crippen LogP contribution in [0.25, 0.3) is 0 Å². The van der Waals surface area contributed by atoms with Gasteiger partial charge in [-0.1, -0.05) is 66.6 Å². The molecule has 6 heteroatoms. The van der Waals surface area contributed by atoms with Gasteiger partial charge in [0.15, 0.2) is 0 Å². The number of hydrogen-bond acceptors (Lipinski definition) is 3. The predicted octanol–water partition coefficient (Wildman–Crippen LogP) is 3.16. The van der Waals surface area contributed by atoms with Crippen LogP contribution < -0.4 is 10.0 Å². The predicted molar refractivity (Wildman–Crippen MR) is 118 cm³/mol. The Bertz CT molecular complexity index is 1080. The summed E-state index contributed by atoms with van der Waals surface area (Å²) in [6, 6.07) is 25.7. The number of carbonyl (C=O) groups is 1. The molecule has 0 saturated heterocycles. The number of benzene rings is 3. The Labute approximate surface area is 177 Å². The van der Waals surface area contributed by atoms with Crippen molar-refractivity contribution in [3.05, 3.63) is 102 Å². The van der Waals surface area contributed by atoms with Crippen LogP contribution in [0, 0.1) is 12.3 Å². The topological polar surface area (TPSA) is 75.3 Å². The zero-order chi connectivity index (χ0) is 21.4. The lowest BCUT2D eigenvalue weighted by atomic mass is 9.91. The Morgan fingerprint density at radius 2 is 1.40 bits per heavy atom. The number of amides is 1. The first-order chi connectivity index (χ1) is 14.5. The largest absolute Gasteiger partial charge is 0.351 e. The molecule has 152 valence electrons. The maximum atomic E-state index is 12.6. The summed E-state index contributed by atoms with van der Waals surface area (Å²) in [7, 11) is -3.69. The van der Waals surface area contributed by atoms with Crippen LogP contribution >= 0.6 is 0 Å². The van der Waals surface area contributed by atoms with E-state index in [-0.39, 0.29) is 23.3 Å². The summed E-state index contributed by atoms with van der Waals surface area (Å²) >= 11 is 0. The van der Waals surface area contributed by atoms with Gasteiger partial charge >= 0.3 is 0 Å². The van der Waals surface area contributed by atoms with Crippen LogP contribution in [-0.4, -0.2) is 27.4 Å². The van der Waals surface area contributed by atoms with Gasteiger partial charge in [-0.25, -0.2) is 8.42 Å². The fraction of sp³-hybridized carbons (Fsp3) is 0.125. The lowest BCUT2D eigenvalue weighted by molar-refractivity contribution is 0.0952. The van der Waals surface area contributed by atoms with Gasteiger partial charge in [-0.3, -0.25) is 4.79 Å². The van der Waals surface area contributed by atoms with Crippen molar-refractivity contribution >= 4 is 15.9 Å². The third kappa shape index (κ3) is 5.35. The van der Waals surface area contributed by atoms with Gasteiger partial charge in [0.2, 0.25) is 10.0 Å². The molecule has 0 bridgehead atoms. The lowest BCUT2D eigenvalue weighted by Gasteiger charge is -2.19. The number of terminal acetylenes is 1. The average molecular weight is 419 g/mol. The van der Waals surface area contributed by atoms with Gasteiger partial charge < -0.3 is 5.32 Å². The van der Waals surface area contributed by atoms with E-state index in [4.69, 9.17) is 6.42 Å². The van der Waals surface area contributed by atoms with Gasteiger partial charge in [-0.15, -0.1) is 6.42 Å². The molecule has 0 unspecified atom stereocenters. The lowest BCUT2D eigenvalue weighted by Crippen LogP contribution is -2.29. The van der Waals surface area contributed by atoms with E-state index in [1.54, 1.807) is 0 Å². The van der Waals surface area contributed by atoms with Crippen LogP contribution in [0.5, 0.6) is 0 Å². The molecule has 2 N–H and O–H groups in total. The standard InChI is InChI=1S/C24H22N2O3S/c1-2-17-26-30(28,29)22-15-13-21(14-16-22)24(27)25-18-23(19-9-5-3-6-10-19)20-11-7-4-8-12-20/h1,3-16,23,26H,17-18H2,(H,25,27). The Morgan fingerprint density at radius 3 is 1.90 bits per heavy atom. The second-order valence-electron chi connectivity index (χ2n) is 6.64. The molecule has 0 radical (unpaired) electrons. The fourth-order valence-electron chi connectivity index (χ4n) is 3.10. The molecule has 0 heterocycles. The van der Waals surface area contributed by atoms with Gasteiger partial charge in [0.1, 0.15) is 0 Å². The molecule has 0 fully saturated rings. The van der Waals surface area contributed by atoms with Crippen LogP contribution in [0.3, 0.4) is 0 Å². The Hall–Kier alpha value is -3.40. The summed E-state index contributed by atoms with van der Waals surface area (Å²) in [5.74, 6) is 1.96. The number of rotatable bonds is 8. The van der Waals surface area contributed by atoms with Gasteiger partial charge in [0.05, 0.1) is 11.4 Å². The van der Waals surface area contributed by atoms with Crippen molar-refractivity contribution in [2.45, 2.75) is 10.8 Å². The molecule has 0 aromatic heterocycles. The second-order valence-corrected chi connectivity index (χ2v) is 8.40. The average Bonchev–Trinajstić information content (AvgIpc) is 2.79. The van der Waals surface area contributed by atoms with E-state index in [0.717, 1.165) is 11.1 Å². The minimum atomic E-state index is -3.69. The quantitative estimate of drug-likeness (QED) is 0.552. The van der Waals surface area contributed by atoms with Crippen molar-refractivity contribution in [2.75, 3.05) is 13.1 Å². The van der Waals surface area contributed by atoms with Crippen LogP contribution in [-0.2, 0) is 10.0 Å². The molecule has 3 aromatic rings. The molecule has 5 nitrogen and oxygen atoms in total. The van der Waals surface area contributed by atoms with Crippen LogP contribution in [0.4, 0.5) is 0 Å². The number of hydrogen-bond donors (Lipinski definition) is 2. The summed E-state index contributed by atoms with van der Waals surface area (Å²) < 4.78 is 26.5. The molecule has 3 rings (SSSR count). The summed E-state index contributed by atoms with van der Waals surface area (Å²) in [6.07, 6.45) is 5.09. The molecular formula is C24H22N2O3S. The highest BCUT2D eigenvalue weighted by Crippen LogP contribution is 2.23. The molecule has 0 atom stereocenters. The monoisotopic (exact) mass is 418 g/mol. The van der Waals surface area contributed by atoms with Crippen molar-refractivity contribution in [1.29, 1.82) is 0 Å². The molecule has 30 heavy (non-hydrogen) atoms. The zero-order valence-corrected chi connectivity index (χ0v) is 17.1. The first kappa shape index (κ1) is 21.3. The molecule has 0 spiro atoms. The van der Waals surface area contributed by atoms with E-state index in [1.807, 2.05) is 60.7 Å². The third-order valence-electron chi connectivity index (χ3n) is 4.66. The van der Waals surface area contributed by atoms with E-state index in [2.05, 4.69) is 16.0 Å². The first-order valence-corrected chi connectivity index (χ1v) is 10.9.